The van der Waals surface area contributed by atoms with Gasteiger partial charge in [-0.05, 0) is 20.3 Å². The highest BCUT2D eigenvalue weighted by atomic mass is 32.2. The fraction of sp³-hybridized carbons (Fsp3) is 0.900. The maximum atomic E-state index is 11.7. The average molecular weight is 264 g/mol. The SMILES string of the molecule is CCOC1CC(N)C1NC(=O)C(C)S(C)(=O)=O. The fourth-order valence-corrected chi connectivity index (χ4v) is 2.16. The van der Waals surface area contributed by atoms with E-state index in [9.17, 15) is 13.2 Å². The maximum absolute atomic E-state index is 11.7. The Hall–Kier alpha value is -0.660. The molecule has 6 nitrogen and oxygen atoms in total. The van der Waals surface area contributed by atoms with E-state index in [1.807, 2.05) is 6.92 Å². The van der Waals surface area contributed by atoms with Gasteiger partial charge in [0.2, 0.25) is 5.91 Å². The number of carbonyl (C=O) groups is 1. The molecule has 0 heterocycles. The molecule has 7 heteroatoms. The third kappa shape index (κ3) is 3.40. The van der Waals surface area contributed by atoms with E-state index in [0.29, 0.717) is 13.0 Å². The Kier molecular flexibility index (Phi) is 4.51. The second-order valence-electron chi connectivity index (χ2n) is 4.40. The number of hydrogen-bond acceptors (Lipinski definition) is 5. The number of hydrogen-bond donors (Lipinski definition) is 2. The standard InChI is InChI=1S/C10H20N2O4S/c1-4-16-8-5-7(11)9(8)12-10(13)6(2)17(3,14)15/h6-9H,4-5,11H2,1-3H3,(H,12,13). The number of amides is 1. The van der Waals surface area contributed by atoms with Crippen molar-refractivity contribution in [1.29, 1.82) is 0 Å². The van der Waals surface area contributed by atoms with E-state index < -0.39 is 21.0 Å². The van der Waals surface area contributed by atoms with E-state index in [-0.39, 0.29) is 18.2 Å². The van der Waals surface area contributed by atoms with Gasteiger partial charge in [-0.3, -0.25) is 4.79 Å². The van der Waals surface area contributed by atoms with E-state index >= 15 is 0 Å². The monoisotopic (exact) mass is 264 g/mol. The molecule has 0 spiro atoms. The topological polar surface area (TPSA) is 98.5 Å². The molecule has 4 atom stereocenters. The van der Waals surface area contributed by atoms with E-state index in [1.54, 1.807) is 0 Å². The third-order valence-corrected chi connectivity index (χ3v) is 4.57. The molecule has 0 saturated heterocycles. The van der Waals surface area contributed by atoms with Crippen LogP contribution in [0, 0.1) is 0 Å². The number of nitrogens with two attached hydrogens (primary N) is 1. The van der Waals surface area contributed by atoms with Crippen LogP contribution in [0.2, 0.25) is 0 Å². The predicted molar refractivity (Wildman–Crippen MR) is 64.2 cm³/mol. The van der Waals surface area contributed by atoms with Crippen molar-refractivity contribution in [3.63, 3.8) is 0 Å². The number of sulfone groups is 1. The summed E-state index contributed by atoms with van der Waals surface area (Å²) in [7, 11) is -3.37. The van der Waals surface area contributed by atoms with Gasteiger partial charge < -0.3 is 15.8 Å². The molecule has 0 aromatic carbocycles. The second kappa shape index (κ2) is 5.32. The van der Waals surface area contributed by atoms with Gasteiger partial charge in [-0.25, -0.2) is 8.42 Å². The largest absolute Gasteiger partial charge is 0.376 e. The molecule has 4 unspecified atom stereocenters. The third-order valence-electron chi connectivity index (χ3n) is 3.07. The van der Waals surface area contributed by atoms with Gasteiger partial charge in [0, 0.05) is 18.9 Å². The molecule has 100 valence electrons. The molecule has 1 aliphatic carbocycles. The Morgan fingerprint density at radius 2 is 2.18 bits per heavy atom. The van der Waals surface area contributed by atoms with Crippen LogP contribution in [0.15, 0.2) is 0 Å². The molecule has 0 radical (unpaired) electrons. The first kappa shape index (κ1) is 14.4. The fourth-order valence-electron chi connectivity index (χ4n) is 1.70. The molecule has 3 N–H and O–H groups in total. The van der Waals surface area contributed by atoms with Crippen LogP contribution in [0.1, 0.15) is 20.3 Å². The molecule has 1 aliphatic rings. The van der Waals surface area contributed by atoms with Crippen LogP contribution in [-0.2, 0) is 19.4 Å². The maximum Gasteiger partial charge on any atom is 0.238 e. The van der Waals surface area contributed by atoms with E-state index in [0.717, 1.165) is 6.26 Å². The molecule has 0 aromatic rings. The van der Waals surface area contributed by atoms with Gasteiger partial charge in [0.1, 0.15) is 5.25 Å². The van der Waals surface area contributed by atoms with Crippen molar-refractivity contribution in [2.24, 2.45) is 5.73 Å². The Balaban J connectivity index is 2.56. The summed E-state index contributed by atoms with van der Waals surface area (Å²) in [5.41, 5.74) is 5.76. The van der Waals surface area contributed by atoms with E-state index in [4.69, 9.17) is 10.5 Å². The van der Waals surface area contributed by atoms with Gasteiger partial charge in [-0.2, -0.15) is 0 Å². The average Bonchev–Trinajstić information content (AvgIpc) is 2.23. The summed E-state index contributed by atoms with van der Waals surface area (Å²) in [6, 6.07) is -0.450. The minimum atomic E-state index is -3.37. The molecule has 1 rings (SSSR count). The first-order valence-electron chi connectivity index (χ1n) is 5.63. The lowest BCUT2D eigenvalue weighted by Gasteiger charge is -2.42. The number of ether oxygens (including phenoxy) is 1. The highest BCUT2D eigenvalue weighted by Crippen LogP contribution is 2.22. The van der Waals surface area contributed by atoms with Crippen LogP contribution in [-0.4, -0.2) is 50.6 Å². The molecular formula is C10H20N2O4S. The Bertz CT molecular complexity index is 380. The number of carbonyl (C=O) groups excluding carboxylic acids is 1. The Labute approximate surface area is 102 Å². The van der Waals surface area contributed by atoms with E-state index in [2.05, 4.69) is 5.32 Å². The van der Waals surface area contributed by atoms with Gasteiger partial charge in [0.05, 0.1) is 12.1 Å². The molecule has 1 amide bonds. The van der Waals surface area contributed by atoms with Crippen molar-refractivity contribution in [1.82, 2.24) is 5.32 Å². The van der Waals surface area contributed by atoms with Crippen LogP contribution in [0.5, 0.6) is 0 Å². The first-order valence-corrected chi connectivity index (χ1v) is 7.59. The predicted octanol–water partition coefficient (Wildman–Crippen LogP) is -0.960. The van der Waals surface area contributed by atoms with Crippen molar-refractivity contribution in [2.45, 2.75) is 43.7 Å². The zero-order valence-corrected chi connectivity index (χ0v) is 11.2. The molecule has 1 fully saturated rings. The summed E-state index contributed by atoms with van der Waals surface area (Å²) in [6.07, 6.45) is 1.62. The van der Waals surface area contributed by atoms with Crippen LogP contribution < -0.4 is 11.1 Å². The van der Waals surface area contributed by atoms with Gasteiger partial charge in [-0.15, -0.1) is 0 Å². The summed E-state index contributed by atoms with van der Waals surface area (Å²) in [4.78, 5) is 11.7. The van der Waals surface area contributed by atoms with Gasteiger partial charge in [0.15, 0.2) is 9.84 Å². The lowest BCUT2D eigenvalue weighted by molar-refractivity contribution is -0.125. The van der Waals surface area contributed by atoms with Crippen molar-refractivity contribution in [2.75, 3.05) is 12.9 Å². The molecule has 0 bridgehead atoms. The summed E-state index contributed by atoms with van der Waals surface area (Å²) in [5, 5.41) is 1.58. The summed E-state index contributed by atoms with van der Waals surface area (Å²) >= 11 is 0. The van der Waals surface area contributed by atoms with Gasteiger partial charge >= 0.3 is 0 Å². The lowest BCUT2D eigenvalue weighted by atomic mass is 9.83. The lowest BCUT2D eigenvalue weighted by Crippen LogP contribution is -2.65. The van der Waals surface area contributed by atoms with Crippen LogP contribution in [0.3, 0.4) is 0 Å². The van der Waals surface area contributed by atoms with Gasteiger partial charge in [0.25, 0.3) is 0 Å². The Morgan fingerprint density at radius 1 is 1.59 bits per heavy atom. The normalized spacial score (nSPS) is 30.5. The summed E-state index contributed by atoms with van der Waals surface area (Å²) in [6.45, 7) is 3.78. The highest BCUT2D eigenvalue weighted by molar-refractivity contribution is 7.92. The highest BCUT2D eigenvalue weighted by Gasteiger charge is 2.41. The summed E-state index contributed by atoms with van der Waals surface area (Å²) < 4.78 is 27.8. The quantitative estimate of drug-likeness (QED) is 0.666. The van der Waals surface area contributed by atoms with Crippen LogP contribution >= 0.6 is 0 Å². The zero-order valence-electron chi connectivity index (χ0n) is 10.3. The number of rotatable bonds is 5. The van der Waals surface area contributed by atoms with Gasteiger partial charge in [-0.1, -0.05) is 0 Å². The molecule has 17 heavy (non-hydrogen) atoms. The molecule has 0 aliphatic heterocycles. The molecule has 1 saturated carbocycles. The first-order chi connectivity index (χ1) is 7.77. The molecular weight excluding hydrogens is 244 g/mol. The summed E-state index contributed by atoms with van der Waals surface area (Å²) in [5.74, 6) is -0.516. The Morgan fingerprint density at radius 3 is 2.59 bits per heavy atom. The van der Waals surface area contributed by atoms with Crippen molar-refractivity contribution >= 4 is 15.7 Å². The van der Waals surface area contributed by atoms with E-state index in [1.165, 1.54) is 6.92 Å². The van der Waals surface area contributed by atoms with Crippen molar-refractivity contribution in [3.8, 4) is 0 Å². The van der Waals surface area contributed by atoms with Crippen LogP contribution in [0.4, 0.5) is 0 Å². The van der Waals surface area contributed by atoms with Crippen molar-refractivity contribution in [3.05, 3.63) is 0 Å². The minimum Gasteiger partial charge on any atom is -0.376 e. The number of nitrogens with one attached hydrogen (secondary N) is 1. The minimum absolute atomic E-state index is 0.106. The van der Waals surface area contributed by atoms with Crippen molar-refractivity contribution < 1.29 is 17.9 Å². The second-order valence-corrected chi connectivity index (χ2v) is 6.77. The molecule has 0 aromatic heterocycles. The smallest absolute Gasteiger partial charge is 0.238 e. The van der Waals surface area contributed by atoms with Crippen LogP contribution in [0.25, 0.3) is 0 Å². The zero-order chi connectivity index (χ0) is 13.2.